The molecule has 0 fully saturated rings. The molecule has 0 aromatic carbocycles. The molecule has 0 aliphatic carbocycles. The van der Waals surface area contributed by atoms with E-state index >= 15 is 0 Å². The van der Waals surface area contributed by atoms with Gasteiger partial charge in [-0.25, -0.2) is 0 Å². The van der Waals surface area contributed by atoms with Gasteiger partial charge in [0.25, 0.3) is 0 Å². The average Bonchev–Trinajstić information content (AvgIpc) is 1.98. The number of hydrogen-bond donors (Lipinski definition) is 1. The van der Waals surface area contributed by atoms with Crippen molar-refractivity contribution in [3.05, 3.63) is 15.4 Å². The van der Waals surface area contributed by atoms with Gasteiger partial charge in [-0.1, -0.05) is 0 Å². The van der Waals surface area contributed by atoms with Crippen LogP contribution in [0.15, 0.2) is 19.8 Å². The highest BCUT2D eigenvalue weighted by molar-refractivity contribution is 9.11. The average molecular weight is 241 g/mol. The minimum absolute atomic E-state index is 0.573. The molecule has 0 atom stereocenters. The molecule has 1 rings (SSSR count). The van der Waals surface area contributed by atoms with Crippen LogP contribution in [0.25, 0.3) is 0 Å². The molecule has 0 saturated heterocycles. The first-order chi connectivity index (χ1) is 3.72. The van der Waals surface area contributed by atoms with E-state index in [9.17, 15) is 0 Å². The van der Waals surface area contributed by atoms with Crippen LogP contribution in [-0.2, 0) is 0 Å². The molecule has 0 radical (unpaired) electrons. The third-order valence-corrected chi connectivity index (χ3v) is 1.96. The Morgan fingerprint density at radius 3 is 2.25 bits per heavy atom. The van der Waals surface area contributed by atoms with Crippen LogP contribution >= 0.6 is 31.9 Å². The fourth-order valence-corrected chi connectivity index (χ4v) is 1.17. The summed E-state index contributed by atoms with van der Waals surface area (Å²) < 4.78 is 6.20. The minimum atomic E-state index is 0.573. The van der Waals surface area contributed by atoms with Gasteiger partial charge in [-0.2, -0.15) is 0 Å². The maximum Gasteiger partial charge on any atom is 0.192 e. The fraction of sp³-hybridized carbons (Fsp3) is 0. The number of rotatable bonds is 0. The summed E-state index contributed by atoms with van der Waals surface area (Å²) >= 11 is 6.26. The second-order valence-corrected chi connectivity index (χ2v) is 2.85. The number of furan rings is 1. The molecule has 44 valence electrons. The monoisotopic (exact) mass is 239 g/mol. The number of hydrogen-bond acceptors (Lipinski definition) is 2. The van der Waals surface area contributed by atoms with Gasteiger partial charge in [-0.05, 0) is 31.9 Å². The SMILES string of the molecule is Nc1c(Br)coc1Br. The first-order valence-corrected chi connectivity index (χ1v) is 3.48. The summed E-state index contributed by atoms with van der Waals surface area (Å²) in [6.07, 6.45) is 1.53. The zero-order chi connectivity index (χ0) is 6.15. The Balaban J connectivity index is 3.19. The summed E-state index contributed by atoms with van der Waals surface area (Å²) in [6.45, 7) is 0. The lowest BCUT2D eigenvalue weighted by Gasteiger charge is -1.81. The van der Waals surface area contributed by atoms with E-state index in [2.05, 4.69) is 31.9 Å². The van der Waals surface area contributed by atoms with Crippen LogP contribution in [-0.4, -0.2) is 0 Å². The van der Waals surface area contributed by atoms with Crippen LogP contribution in [0.2, 0.25) is 0 Å². The second-order valence-electron chi connectivity index (χ2n) is 1.27. The molecular weight excluding hydrogens is 238 g/mol. The van der Waals surface area contributed by atoms with E-state index in [4.69, 9.17) is 10.2 Å². The van der Waals surface area contributed by atoms with E-state index in [1.54, 1.807) is 0 Å². The molecule has 8 heavy (non-hydrogen) atoms. The van der Waals surface area contributed by atoms with Crippen molar-refractivity contribution in [2.45, 2.75) is 0 Å². The Morgan fingerprint density at radius 2 is 2.12 bits per heavy atom. The van der Waals surface area contributed by atoms with Crippen molar-refractivity contribution in [1.29, 1.82) is 0 Å². The Bertz CT molecular complexity index is 176. The van der Waals surface area contributed by atoms with Gasteiger partial charge in [-0.3, -0.25) is 0 Å². The quantitative estimate of drug-likeness (QED) is 0.757. The maximum absolute atomic E-state index is 5.41. The Morgan fingerprint density at radius 1 is 1.50 bits per heavy atom. The minimum Gasteiger partial charge on any atom is -0.454 e. The van der Waals surface area contributed by atoms with Crippen LogP contribution in [0, 0.1) is 0 Å². The number of nitrogens with two attached hydrogens (primary N) is 1. The first-order valence-electron chi connectivity index (χ1n) is 1.90. The van der Waals surface area contributed by atoms with Gasteiger partial charge in [-0.15, -0.1) is 0 Å². The smallest absolute Gasteiger partial charge is 0.192 e. The Labute approximate surface area is 63.3 Å². The van der Waals surface area contributed by atoms with E-state index < -0.39 is 0 Å². The van der Waals surface area contributed by atoms with Crippen LogP contribution in [0.5, 0.6) is 0 Å². The van der Waals surface area contributed by atoms with E-state index in [-0.39, 0.29) is 0 Å². The Hall–Kier alpha value is 0.0400. The molecule has 0 aliphatic heterocycles. The van der Waals surface area contributed by atoms with Gasteiger partial charge in [0.1, 0.15) is 6.26 Å². The summed E-state index contributed by atoms with van der Waals surface area (Å²) in [5.41, 5.74) is 6.02. The summed E-state index contributed by atoms with van der Waals surface area (Å²) in [5.74, 6) is 0. The van der Waals surface area contributed by atoms with Crippen molar-refractivity contribution >= 4 is 37.5 Å². The molecule has 0 spiro atoms. The van der Waals surface area contributed by atoms with Crippen LogP contribution in [0.4, 0.5) is 5.69 Å². The molecular formula is C4H3Br2NO. The van der Waals surface area contributed by atoms with Crippen LogP contribution in [0.1, 0.15) is 0 Å². The largest absolute Gasteiger partial charge is 0.454 e. The Kier molecular flexibility index (Phi) is 1.62. The van der Waals surface area contributed by atoms with Gasteiger partial charge < -0.3 is 10.2 Å². The molecule has 1 aromatic rings. The lowest BCUT2D eigenvalue weighted by Crippen LogP contribution is -1.80. The predicted octanol–water partition coefficient (Wildman–Crippen LogP) is 2.39. The topological polar surface area (TPSA) is 39.2 Å². The number of halogens is 2. The van der Waals surface area contributed by atoms with Crippen LogP contribution < -0.4 is 5.73 Å². The molecule has 1 aromatic heterocycles. The zero-order valence-electron chi connectivity index (χ0n) is 3.82. The molecule has 0 unspecified atom stereocenters. The molecule has 2 nitrogen and oxygen atoms in total. The fourth-order valence-electron chi connectivity index (χ4n) is 0.324. The predicted molar refractivity (Wildman–Crippen MR) is 38.5 cm³/mol. The van der Waals surface area contributed by atoms with E-state index in [0.717, 1.165) is 4.47 Å². The van der Waals surface area contributed by atoms with E-state index in [1.165, 1.54) is 6.26 Å². The highest BCUT2D eigenvalue weighted by Gasteiger charge is 2.02. The molecule has 0 aliphatic rings. The van der Waals surface area contributed by atoms with Gasteiger partial charge in [0.05, 0.1) is 10.2 Å². The normalized spacial score (nSPS) is 9.75. The van der Waals surface area contributed by atoms with E-state index in [0.29, 0.717) is 10.4 Å². The molecule has 0 saturated carbocycles. The molecule has 1 heterocycles. The molecule has 2 N–H and O–H groups in total. The van der Waals surface area contributed by atoms with Gasteiger partial charge >= 0.3 is 0 Å². The highest BCUT2D eigenvalue weighted by atomic mass is 79.9. The van der Waals surface area contributed by atoms with Gasteiger partial charge in [0.2, 0.25) is 0 Å². The van der Waals surface area contributed by atoms with Crippen LogP contribution in [0.3, 0.4) is 0 Å². The summed E-state index contributed by atoms with van der Waals surface area (Å²) in [5, 5.41) is 0. The summed E-state index contributed by atoms with van der Waals surface area (Å²) in [4.78, 5) is 0. The first kappa shape index (κ1) is 6.16. The summed E-state index contributed by atoms with van der Waals surface area (Å²) in [7, 11) is 0. The highest BCUT2D eigenvalue weighted by Crippen LogP contribution is 2.29. The third kappa shape index (κ3) is 0.902. The van der Waals surface area contributed by atoms with Gasteiger partial charge in [0, 0.05) is 0 Å². The number of anilines is 1. The lowest BCUT2D eigenvalue weighted by molar-refractivity contribution is 0.541. The van der Waals surface area contributed by atoms with Gasteiger partial charge in [0.15, 0.2) is 4.67 Å². The molecule has 4 heteroatoms. The van der Waals surface area contributed by atoms with E-state index in [1.807, 2.05) is 0 Å². The molecule has 0 bridgehead atoms. The number of nitrogen functional groups attached to an aromatic ring is 1. The van der Waals surface area contributed by atoms with Crippen molar-refractivity contribution in [3.8, 4) is 0 Å². The van der Waals surface area contributed by atoms with Crippen molar-refractivity contribution in [2.75, 3.05) is 5.73 Å². The third-order valence-electron chi connectivity index (χ3n) is 0.735. The van der Waals surface area contributed by atoms with Crippen molar-refractivity contribution < 1.29 is 4.42 Å². The van der Waals surface area contributed by atoms with Crippen molar-refractivity contribution in [1.82, 2.24) is 0 Å². The molecule has 0 amide bonds. The van der Waals surface area contributed by atoms with Crippen molar-refractivity contribution in [3.63, 3.8) is 0 Å². The second kappa shape index (κ2) is 2.11. The van der Waals surface area contributed by atoms with Crippen molar-refractivity contribution in [2.24, 2.45) is 0 Å². The zero-order valence-corrected chi connectivity index (χ0v) is 6.99. The standard InChI is InChI=1S/C4H3Br2NO/c5-2-1-8-4(6)3(2)7/h1H,7H2. The maximum atomic E-state index is 5.41. The summed E-state index contributed by atoms with van der Waals surface area (Å²) in [6, 6.07) is 0. The lowest BCUT2D eigenvalue weighted by atomic mass is 10.6.